The van der Waals surface area contributed by atoms with E-state index in [2.05, 4.69) is 36.1 Å². The molecule has 1 saturated heterocycles. The van der Waals surface area contributed by atoms with Crippen molar-refractivity contribution in [3.05, 3.63) is 29.8 Å². The molecule has 0 N–H and O–H groups in total. The fourth-order valence-electron chi connectivity index (χ4n) is 2.75. The van der Waals surface area contributed by atoms with Gasteiger partial charge in [0.1, 0.15) is 0 Å². The number of hydrogen-bond donors (Lipinski definition) is 0. The lowest BCUT2D eigenvalue weighted by molar-refractivity contribution is 0.435. The van der Waals surface area contributed by atoms with E-state index in [4.69, 9.17) is 11.6 Å². The predicted molar refractivity (Wildman–Crippen MR) is 75.9 cm³/mol. The van der Waals surface area contributed by atoms with Gasteiger partial charge in [0, 0.05) is 24.2 Å². The highest BCUT2D eigenvalue weighted by Crippen LogP contribution is 2.27. The summed E-state index contributed by atoms with van der Waals surface area (Å²) < 4.78 is 0. The molecule has 0 aromatic heterocycles. The second kappa shape index (κ2) is 6.30. The van der Waals surface area contributed by atoms with E-state index in [1.807, 2.05) is 0 Å². The molecule has 1 heterocycles. The molecule has 1 aliphatic heterocycles. The summed E-state index contributed by atoms with van der Waals surface area (Å²) in [6.07, 6.45) is 6.67. The maximum atomic E-state index is 5.83. The van der Waals surface area contributed by atoms with Crippen molar-refractivity contribution in [3.8, 4) is 0 Å². The van der Waals surface area contributed by atoms with Gasteiger partial charge in [-0.1, -0.05) is 25.5 Å². The van der Waals surface area contributed by atoms with Crippen molar-refractivity contribution >= 4 is 17.3 Å². The number of anilines is 1. The Morgan fingerprint density at radius 2 is 2.00 bits per heavy atom. The van der Waals surface area contributed by atoms with Gasteiger partial charge in [0.2, 0.25) is 0 Å². The van der Waals surface area contributed by atoms with Crippen molar-refractivity contribution in [3.63, 3.8) is 0 Å². The monoisotopic (exact) mass is 251 g/mol. The molecule has 2 heteroatoms. The third-order valence-electron chi connectivity index (χ3n) is 3.67. The number of nitrogens with zero attached hydrogens (tertiary/aromatic N) is 1. The molecule has 1 unspecified atom stereocenters. The Morgan fingerprint density at radius 3 is 2.65 bits per heavy atom. The standard InChI is InChI=1S/C15H22ClN/c1-2-5-14-6-3-4-11-17(14)15-9-7-13(12-16)8-10-15/h7-10,14H,2-6,11-12H2,1H3. The van der Waals surface area contributed by atoms with Gasteiger partial charge in [-0.25, -0.2) is 0 Å². The van der Waals surface area contributed by atoms with Crippen LogP contribution in [0.4, 0.5) is 5.69 Å². The molecule has 1 fully saturated rings. The van der Waals surface area contributed by atoms with Gasteiger partial charge in [-0.3, -0.25) is 0 Å². The Balaban J connectivity index is 2.11. The topological polar surface area (TPSA) is 3.24 Å². The van der Waals surface area contributed by atoms with Gasteiger partial charge in [-0.15, -0.1) is 11.6 Å². The van der Waals surface area contributed by atoms with Crippen LogP contribution in [0, 0.1) is 0 Å². The summed E-state index contributed by atoms with van der Waals surface area (Å²) in [4.78, 5) is 2.59. The van der Waals surface area contributed by atoms with Gasteiger partial charge >= 0.3 is 0 Å². The molecule has 1 aromatic rings. The molecule has 0 radical (unpaired) electrons. The van der Waals surface area contributed by atoms with E-state index >= 15 is 0 Å². The molecule has 0 bridgehead atoms. The van der Waals surface area contributed by atoms with E-state index in [1.54, 1.807) is 0 Å². The summed E-state index contributed by atoms with van der Waals surface area (Å²) in [5.41, 5.74) is 2.58. The number of benzene rings is 1. The number of piperidine rings is 1. The molecule has 1 atom stereocenters. The van der Waals surface area contributed by atoms with E-state index < -0.39 is 0 Å². The van der Waals surface area contributed by atoms with Crippen LogP contribution in [0.5, 0.6) is 0 Å². The van der Waals surface area contributed by atoms with Crippen molar-refractivity contribution in [2.45, 2.75) is 50.9 Å². The van der Waals surface area contributed by atoms with Gasteiger partial charge in [0.25, 0.3) is 0 Å². The maximum Gasteiger partial charge on any atom is 0.0474 e. The molecule has 0 amide bonds. The molecular formula is C15H22ClN. The lowest BCUT2D eigenvalue weighted by atomic mass is 9.97. The Labute approximate surface area is 110 Å². The quantitative estimate of drug-likeness (QED) is 0.708. The van der Waals surface area contributed by atoms with E-state index in [1.165, 1.54) is 49.9 Å². The van der Waals surface area contributed by atoms with Crippen LogP contribution in [0.2, 0.25) is 0 Å². The van der Waals surface area contributed by atoms with Gasteiger partial charge in [0.05, 0.1) is 0 Å². The summed E-state index contributed by atoms with van der Waals surface area (Å²) in [6, 6.07) is 9.51. The molecule has 1 nitrogen and oxygen atoms in total. The molecule has 2 rings (SSSR count). The minimum absolute atomic E-state index is 0.610. The van der Waals surface area contributed by atoms with Gasteiger partial charge in [-0.2, -0.15) is 0 Å². The van der Waals surface area contributed by atoms with E-state index in [0.717, 1.165) is 6.04 Å². The summed E-state index contributed by atoms with van der Waals surface area (Å²) in [7, 11) is 0. The molecule has 1 aliphatic rings. The van der Waals surface area contributed by atoms with Gasteiger partial charge in [0.15, 0.2) is 0 Å². The van der Waals surface area contributed by atoms with Crippen molar-refractivity contribution < 1.29 is 0 Å². The first kappa shape index (κ1) is 12.8. The molecule has 1 aromatic carbocycles. The van der Waals surface area contributed by atoms with E-state index in [0.29, 0.717) is 5.88 Å². The average Bonchev–Trinajstić information content (AvgIpc) is 2.40. The van der Waals surface area contributed by atoms with Crippen molar-refractivity contribution in [2.24, 2.45) is 0 Å². The van der Waals surface area contributed by atoms with Crippen molar-refractivity contribution in [1.29, 1.82) is 0 Å². The normalized spacial score (nSPS) is 20.6. The fourth-order valence-corrected chi connectivity index (χ4v) is 2.93. The van der Waals surface area contributed by atoms with E-state index in [9.17, 15) is 0 Å². The largest absolute Gasteiger partial charge is 0.369 e. The van der Waals surface area contributed by atoms with Crippen LogP contribution >= 0.6 is 11.6 Å². The smallest absolute Gasteiger partial charge is 0.0474 e. The Kier molecular flexibility index (Phi) is 4.73. The molecule has 0 aliphatic carbocycles. The first-order valence-electron chi connectivity index (χ1n) is 6.76. The SMILES string of the molecule is CCCC1CCCCN1c1ccc(CCl)cc1. The van der Waals surface area contributed by atoms with E-state index in [-0.39, 0.29) is 0 Å². The summed E-state index contributed by atoms with van der Waals surface area (Å²) in [6.45, 7) is 3.49. The second-order valence-corrected chi connectivity index (χ2v) is 5.20. The second-order valence-electron chi connectivity index (χ2n) is 4.93. The minimum atomic E-state index is 0.610. The maximum absolute atomic E-state index is 5.83. The van der Waals surface area contributed by atoms with Crippen LogP contribution in [0.3, 0.4) is 0 Å². The fraction of sp³-hybridized carbons (Fsp3) is 0.600. The zero-order valence-electron chi connectivity index (χ0n) is 10.7. The molecule has 17 heavy (non-hydrogen) atoms. The predicted octanol–water partition coefficient (Wildman–Crippen LogP) is 4.58. The zero-order valence-corrected chi connectivity index (χ0v) is 11.4. The molecular weight excluding hydrogens is 230 g/mol. The van der Waals surface area contributed by atoms with Crippen LogP contribution in [0.1, 0.15) is 44.6 Å². The highest BCUT2D eigenvalue weighted by atomic mass is 35.5. The Bertz CT molecular complexity index is 331. The minimum Gasteiger partial charge on any atom is -0.369 e. The number of rotatable bonds is 4. The highest BCUT2D eigenvalue weighted by Gasteiger charge is 2.21. The zero-order chi connectivity index (χ0) is 12.1. The number of halogens is 1. The molecule has 0 saturated carbocycles. The van der Waals surface area contributed by atoms with Crippen molar-refractivity contribution in [2.75, 3.05) is 11.4 Å². The van der Waals surface area contributed by atoms with Crippen LogP contribution in [0.25, 0.3) is 0 Å². The number of hydrogen-bond acceptors (Lipinski definition) is 1. The first-order valence-corrected chi connectivity index (χ1v) is 7.30. The number of alkyl halides is 1. The first-order chi connectivity index (χ1) is 8.35. The van der Waals surface area contributed by atoms with Gasteiger partial charge in [-0.05, 0) is 43.4 Å². The van der Waals surface area contributed by atoms with Gasteiger partial charge < -0.3 is 4.90 Å². The summed E-state index contributed by atoms with van der Waals surface area (Å²) in [5, 5.41) is 0. The molecule has 0 spiro atoms. The summed E-state index contributed by atoms with van der Waals surface area (Å²) >= 11 is 5.83. The third-order valence-corrected chi connectivity index (χ3v) is 3.98. The van der Waals surface area contributed by atoms with Crippen LogP contribution in [-0.4, -0.2) is 12.6 Å². The lowest BCUT2D eigenvalue weighted by Gasteiger charge is -2.37. The van der Waals surface area contributed by atoms with Crippen LogP contribution in [-0.2, 0) is 5.88 Å². The highest BCUT2D eigenvalue weighted by molar-refractivity contribution is 6.17. The average molecular weight is 252 g/mol. The van der Waals surface area contributed by atoms with Crippen molar-refractivity contribution in [1.82, 2.24) is 0 Å². The molecule has 94 valence electrons. The Hall–Kier alpha value is -0.690. The van der Waals surface area contributed by atoms with Crippen LogP contribution < -0.4 is 4.90 Å². The lowest BCUT2D eigenvalue weighted by Crippen LogP contribution is -2.39. The third kappa shape index (κ3) is 3.16. The Morgan fingerprint density at radius 1 is 1.24 bits per heavy atom. The van der Waals surface area contributed by atoms with Crippen LogP contribution in [0.15, 0.2) is 24.3 Å². The summed E-state index contributed by atoms with van der Waals surface area (Å²) in [5.74, 6) is 0.610.